The van der Waals surface area contributed by atoms with Crippen LogP contribution in [0.4, 0.5) is 5.69 Å². The average molecular weight is 280 g/mol. The number of benzene rings is 2. The van der Waals surface area contributed by atoms with Crippen molar-refractivity contribution in [2.75, 3.05) is 18.0 Å². The van der Waals surface area contributed by atoms with Crippen molar-refractivity contribution >= 4 is 22.4 Å². The molecule has 1 unspecified atom stereocenters. The standard InChI is InChI=1S/C18H20N2O/c21-18(14-5-6-14)19-16-9-10-20(12-16)17-8-7-13-3-1-2-4-15(13)11-17/h1-4,7-8,11,14,16H,5-6,9-10,12H2,(H,19,21). The number of carbonyl (C=O) groups is 1. The van der Waals surface area contributed by atoms with E-state index in [9.17, 15) is 4.79 Å². The second-order valence-electron chi connectivity index (χ2n) is 6.25. The summed E-state index contributed by atoms with van der Waals surface area (Å²) in [7, 11) is 0. The highest BCUT2D eigenvalue weighted by atomic mass is 16.2. The summed E-state index contributed by atoms with van der Waals surface area (Å²) in [6, 6.07) is 15.4. The van der Waals surface area contributed by atoms with Gasteiger partial charge in [0.05, 0.1) is 0 Å². The minimum absolute atomic E-state index is 0.264. The van der Waals surface area contributed by atoms with Gasteiger partial charge in [-0.25, -0.2) is 0 Å². The Morgan fingerprint density at radius 2 is 1.86 bits per heavy atom. The largest absolute Gasteiger partial charge is 0.369 e. The van der Waals surface area contributed by atoms with Crippen LogP contribution in [0.2, 0.25) is 0 Å². The molecule has 1 heterocycles. The van der Waals surface area contributed by atoms with Crippen LogP contribution in [0.15, 0.2) is 42.5 Å². The molecule has 1 saturated carbocycles. The van der Waals surface area contributed by atoms with Gasteiger partial charge in [-0.05, 0) is 42.2 Å². The van der Waals surface area contributed by atoms with Crippen molar-refractivity contribution in [2.24, 2.45) is 5.92 Å². The van der Waals surface area contributed by atoms with E-state index in [1.54, 1.807) is 0 Å². The van der Waals surface area contributed by atoms with E-state index in [1.807, 2.05) is 0 Å². The lowest BCUT2D eigenvalue weighted by Crippen LogP contribution is -2.37. The quantitative estimate of drug-likeness (QED) is 0.937. The first kappa shape index (κ1) is 12.7. The number of fused-ring (bicyclic) bond motifs is 1. The van der Waals surface area contributed by atoms with E-state index in [0.29, 0.717) is 12.0 Å². The Kier molecular flexibility index (Phi) is 3.06. The van der Waals surface area contributed by atoms with E-state index in [-0.39, 0.29) is 5.91 Å². The Bertz CT molecular complexity index is 678. The predicted octanol–water partition coefficient (Wildman–Crippen LogP) is 2.94. The predicted molar refractivity (Wildman–Crippen MR) is 85.4 cm³/mol. The number of carbonyl (C=O) groups excluding carboxylic acids is 1. The molecule has 0 spiro atoms. The average Bonchev–Trinajstić information content (AvgIpc) is 3.27. The van der Waals surface area contributed by atoms with Crippen molar-refractivity contribution < 1.29 is 4.79 Å². The molecule has 1 N–H and O–H groups in total. The van der Waals surface area contributed by atoms with Crippen LogP contribution in [0.1, 0.15) is 19.3 Å². The smallest absolute Gasteiger partial charge is 0.223 e. The van der Waals surface area contributed by atoms with Gasteiger partial charge in [-0.1, -0.05) is 30.3 Å². The molecule has 1 aliphatic carbocycles. The molecule has 2 aliphatic rings. The first-order valence-electron chi connectivity index (χ1n) is 7.84. The minimum Gasteiger partial charge on any atom is -0.369 e. The number of hydrogen-bond donors (Lipinski definition) is 1. The van der Waals surface area contributed by atoms with Crippen molar-refractivity contribution in [2.45, 2.75) is 25.3 Å². The first-order chi connectivity index (χ1) is 10.3. The van der Waals surface area contributed by atoms with Gasteiger partial charge < -0.3 is 10.2 Å². The Labute approximate surface area is 124 Å². The summed E-state index contributed by atoms with van der Waals surface area (Å²) in [6.07, 6.45) is 3.20. The van der Waals surface area contributed by atoms with Gasteiger partial charge in [-0.15, -0.1) is 0 Å². The van der Waals surface area contributed by atoms with Gasteiger partial charge in [0.2, 0.25) is 5.91 Å². The van der Waals surface area contributed by atoms with E-state index in [2.05, 4.69) is 52.7 Å². The maximum atomic E-state index is 11.8. The third-order valence-corrected chi connectivity index (χ3v) is 4.58. The Hall–Kier alpha value is -2.03. The molecule has 108 valence electrons. The highest BCUT2D eigenvalue weighted by Gasteiger charge is 2.32. The molecule has 1 aliphatic heterocycles. The summed E-state index contributed by atoms with van der Waals surface area (Å²) in [5.41, 5.74) is 1.26. The summed E-state index contributed by atoms with van der Waals surface area (Å²) >= 11 is 0. The second-order valence-corrected chi connectivity index (χ2v) is 6.25. The zero-order valence-electron chi connectivity index (χ0n) is 12.1. The van der Waals surface area contributed by atoms with Crippen LogP contribution in [0.5, 0.6) is 0 Å². The Morgan fingerprint density at radius 3 is 2.67 bits per heavy atom. The molecule has 1 saturated heterocycles. The van der Waals surface area contributed by atoms with Crippen LogP contribution < -0.4 is 10.2 Å². The van der Waals surface area contributed by atoms with Crippen molar-refractivity contribution in [1.29, 1.82) is 0 Å². The molecule has 3 nitrogen and oxygen atoms in total. The monoisotopic (exact) mass is 280 g/mol. The molecule has 2 fully saturated rings. The third-order valence-electron chi connectivity index (χ3n) is 4.58. The van der Waals surface area contributed by atoms with Gasteiger partial charge >= 0.3 is 0 Å². The van der Waals surface area contributed by atoms with E-state index < -0.39 is 0 Å². The number of nitrogens with one attached hydrogen (secondary N) is 1. The zero-order valence-corrected chi connectivity index (χ0v) is 12.1. The highest BCUT2D eigenvalue weighted by molar-refractivity contribution is 5.86. The van der Waals surface area contributed by atoms with E-state index in [4.69, 9.17) is 0 Å². The maximum Gasteiger partial charge on any atom is 0.223 e. The molecule has 1 amide bonds. The summed E-state index contributed by atoms with van der Waals surface area (Å²) in [5, 5.41) is 5.75. The van der Waals surface area contributed by atoms with Crippen molar-refractivity contribution in [3.63, 3.8) is 0 Å². The molecule has 4 rings (SSSR count). The van der Waals surface area contributed by atoms with Crippen LogP contribution in [-0.4, -0.2) is 25.0 Å². The molecule has 2 aromatic rings. The minimum atomic E-state index is 0.264. The lowest BCUT2D eigenvalue weighted by Gasteiger charge is -2.19. The lowest BCUT2D eigenvalue weighted by molar-refractivity contribution is -0.122. The first-order valence-corrected chi connectivity index (χ1v) is 7.84. The molecule has 0 radical (unpaired) electrons. The fraction of sp³-hybridized carbons (Fsp3) is 0.389. The topological polar surface area (TPSA) is 32.3 Å². The van der Waals surface area contributed by atoms with Crippen LogP contribution in [-0.2, 0) is 4.79 Å². The van der Waals surface area contributed by atoms with Crippen LogP contribution in [0.3, 0.4) is 0 Å². The van der Waals surface area contributed by atoms with Crippen LogP contribution in [0.25, 0.3) is 10.8 Å². The van der Waals surface area contributed by atoms with Gasteiger partial charge in [-0.3, -0.25) is 4.79 Å². The summed E-state index contributed by atoms with van der Waals surface area (Å²) in [4.78, 5) is 14.2. The number of nitrogens with zero attached hydrogens (tertiary/aromatic N) is 1. The van der Waals surface area contributed by atoms with E-state index >= 15 is 0 Å². The third kappa shape index (κ3) is 2.60. The molecule has 0 bridgehead atoms. The molecule has 1 atom stereocenters. The van der Waals surface area contributed by atoms with Gasteiger partial charge in [0.1, 0.15) is 0 Å². The van der Waals surface area contributed by atoms with Gasteiger partial charge in [0.25, 0.3) is 0 Å². The van der Waals surface area contributed by atoms with E-state index in [1.165, 1.54) is 16.5 Å². The number of rotatable bonds is 3. The molecule has 3 heteroatoms. The lowest BCUT2D eigenvalue weighted by atomic mass is 10.1. The fourth-order valence-corrected chi connectivity index (χ4v) is 3.15. The van der Waals surface area contributed by atoms with Crippen molar-refractivity contribution in [1.82, 2.24) is 5.32 Å². The maximum absolute atomic E-state index is 11.8. The summed E-state index contributed by atoms with van der Waals surface area (Å²) in [5.74, 6) is 0.570. The molecule has 2 aromatic carbocycles. The van der Waals surface area contributed by atoms with Gasteiger partial charge in [0, 0.05) is 30.7 Å². The Balaban J connectivity index is 1.47. The Morgan fingerprint density at radius 1 is 1.05 bits per heavy atom. The summed E-state index contributed by atoms with van der Waals surface area (Å²) in [6.45, 7) is 1.95. The van der Waals surface area contributed by atoms with Gasteiger partial charge in [-0.2, -0.15) is 0 Å². The summed E-state index contributed by atoms with van der Waals surface area (Å²) < 4.78 is 0. The van der Waals surface area contributed by atoms with Crippen molar-refractivity contribution in [3.05, 3.63) is 42.5 Å². The fourth-order valence-electron chi connectivity index (χ4n) is 3.15. The molecule has 0 aromatic heterocycles. The normalized spacial score (nSPS) is 21.7. The molecular formula is C18H20N2O. The zero-order chi connectivity index (χ0) is 14.2. The molecular weight excluding hydrogens is 260 g/mol. The second kappa shape index (κ2) is 5.06. The highest BCUT2D eigenvalue weighted by Crippen LogP contribution is 2.30. The number of hydrogen-bond acceptors (Lipinski definition) is 2. The number of amides is 1. The van der Waals surface area contributed by atoms with E-state index in [0.717, 1.165) is 32.4 Å². The van der Waals surface area contributed by atoms with Crippen LogP contribution in [0, 0.1) is 5.92 Å². The SMILES string of the molecule is O=C(NC1CCN(c2ccc3ccccc3c2)C1)C1CC1. The van der Waals surface area contributed by atoms with Crippen LogP contribution >= 0.6 is 0 Å². The number of anilines is 1. The van der Waals surface area contributed by atoms with Gasteiger partial charge in [0.15, 0.2) is 0 Å². The van der Waals surface area contributed by atoms with Crippen molar-refractivity contribution in [3.8, 4) is 0 Å². The molecule has 21 heavy (non-hydrogen) atoms.